The average molecular weight is 510 g/mol. The zero-order valence-corrected chi connectivity index (χ0v) is 21.3. The van der Waals surface area contributed by atoms with Gasteiger partial charge in [0.2, 0.25) is 0 Å². The van der Waals surface area contributed by atoms with Gasteiger partial charge in [0, 0.05) is 43.7 Å². The topological polar surface area (TPSA) is 104 Å². The fraction of sp³-hybridized carbons (Fsp3) is 0.214. The molecule has 1 amide bonds. The molecule has 190 valence electrons. The second kappa shape index (κ2) is 8.59. The quantitative estimate of drug-likeness (QED) is 0.366. The van der Waals surface area contributed by atoms with Gasteiger partial charge in [-0.25, -0.2) is 9.37 Å². The van der Waals surface area contributed by atoms with Gasteiger partial charge in [0.05, 0.1) is 51.7 Å². The number of hydrogen-bond donors (Lipinski definition) is 1. The summed E-state index contributed by atoms with van der Waals surface area (Å²) in [5.74, 6) is 6.07. The van der Waals surface area contributed by atoms with E-state index in [1.807, 2.05) is 32.2 Å². The van der Waals surface area contributed by atoms with Crippen LogP contribution >= 0.6 is 0 Å². The van der Waals surface area contributed by atoms with E-state index in [0.717, 1.165) is 22.4 Å². The first kappa shape index (κ1) is 23.5. The van der Waals surface area contributed by atoms with Crippen molar-refractivity contribution in [3.8, 4) is 17.6 Å². The van der Waals surface area contributed by atoms with Crippen LogP contribution in [0.1, 0.15) is 38.8 Å². The number of hydrogen-bond acceptors (Lipinski definition) is 6. The van der Waals surface area contributed by atoms with E-state index in [4.69, 9.17) is 10.5 Å². The van der Waals surface area contributed by atoms with E-state index in [0.29, 0.717) is 27.6 Å². The predicted molar refractivity (Wildman–Crippen MR) is 141 cm³/mol. The van der Waals surface area contributed by atoms with Crippen LogP contribution in [0, 0.1) is 24.6 Å². The highest BCUT2D eigenvalue weighted by Gasteiger charge is 2.32. The van der Waals surface area contributed by atoms with Crippen molar-refractivity contribution in [3.63, 3.8) is 0 Å². The Hall–Kier alpha value is -4.91. The number of carbonyl (C=O) groups is 1. The molecule has 1 atom stereocenters. The summed E-state index contributed by atoms with van der Waals surface area (Å²) in [6.45, 7) is 2.22. The van der Waals surface area contributed by atoms with Crippen LogP contribution in [0.25, 0.3) is 21.8 Å². The summed E-state index contributed by atoms with van der Waals surface area (Å²) in [5, 5.41) is 9.71. The third-order valence-electron chi connectivity index (χ3n) is 7.16. The number of rotatable bonds is 2. The first-order valence-electron chi connectivity index (χ1n) is 12.0. The molecule has 6 rings (SSSR count). The molecule has 0 saturated carbocycles. The molecule has 0 saturated heterocycles. The summed E-state index contributed by atoms with van der Waals surface area (Å²) in [4.78, 5) is 19.3. The van der Waals surface area contributed by atoms with E-state index in [1.165, 1.54) is 17.0 Å². The Morgan fingerprint density at radius 3 is 2.68 bits per heavy atom. The fourth-order valence-corrected chi connectivity index (χ4v) is 4.83. The minimum Gasteiger partial charge on any atom is -0.491 e. The van der Waals surface area contributed by atoms with Crippen molar-refractivity contribution in [1.29, 1.82) is 0 Å². The lowest BCUT2D eigenvalue weighted by Gasteiger charge is -2.24. The Kier molecular flexibility index (Phi) is 5.31. The van der Waals surface area contributed by atoms with E-state index in [1.54, 1.807) is 35.9 Å². The number of halogens is 1. The summed E-state index contributed by atoms with van der Waals surface area (Å²) >= 11 is 0. The maximum Gasteiger partial charge on any atom is 0.257 e. The maximum atomic E-state index is 15.2. The molecule has 0 fully saturated rings. The molecular formula is C28H24FN7O2. The molecule has 9 nitrogen and oxygen atoms in total. The first-order valence-corrected chi connectivity index (χ1v) is 12.0. The van der Waals surface area contributed by atoms with Crippen LogP contribution in [-0.2, 0) is 14.1 Å². The molecule has 4 heterocycles. The van der Waals surface area contributed by atoms with Crippen molar-refractivity contribution in [2.75, 3.05) is 19.4 Å². The van der Waals surface area contributed by atoms with Crippen molar-refractivity contribution in [3.05, 3.63) is 76.5 Å². The number of nitrogen functional groups attached to an aromatic ring is 1. The van der Waals surface area contributed by atoms with E-state index in [9.17, 15) is 4.79 Å². The number of ether oxygens (including phenoxy) is 1. The summed E-state index contributed by atoms with van der Waals surface area (Å²) in [7, 11) is 5.29. The van der Waals surface area contributed by atoms with Gasteiger partial charge in [0.15, 0.2) is 0 Å². The third-order valence-corrected chi connectivity index (χ3v) is 7.16. The SMILES string of the molecule is Cc1c(C#Cc2ccc3c(c2)OCC3N(C)C(=O)c2cc3c(cc2F)nc(N)c2cnn(C)c23)cnn1C. The Labute approximate surface area is 217 Å². The van der Waals surface area contributed by atoms with E-state index in [-0.39, 0.29) is 24.0 Å². The lowest BCUT2D eigenvalue weighted by atomic mass is 10.0. The van der Waals surface area contributed by atoms with Crippen molar-refractivity contribution in [2.24, 2.45) is 14.1 Å². The average Bonchev–Trinajstić information content (AvgIpc) is 3.59. The smallest absolute Gasteiger partial charge is 0.257 e. The number of likely N-dealkylation sites (N-methyl/N-ethyl adjacent to an activating group) is 1. The standard InChI is InChI=1S/C28H24FN7O2/c1-15-17(12-31-35(15)3)7-5-16-6-8-18-24(14-38-25(18)9-16)34(2)28(37)19-10-20-23(11-22(19)29)33-27(30)21-13-32-36(4)26(20)21/h6,8-13,24H,14H2,1-4H3,(H2,30,33). The molecule has 0 spiro atoms. The van der Waals surface area contributed by atoms with E-state index >= 15 is 4.39 Å². The number of fused-ring (bicyclic) bond motifs is 4. The van der Waals surface area contributed by atoms with Gasteiger partial charge in [-0.05, 0) is 25.1 Å². The molecule has 38 heavy (non-hydrogen) atoms. The minimum absolute atomic E-state index is 0.0585. The molecule has 1 aliphatic heterocycles. The number of aromatic nitrogens is 5. The number of pyridine rings is 1. The molecule has 0 radical (unpaired) electrons. The molecular weight excluding hydrogens is 485 g/mol. The maximum absolute atomic E-state index is 15.2. The van der Waals surface area contributed by atoms with E-state index in [2.05, 4.69) is 27.0 Å². The van der Waals surface area contributed by atoms with Gasteiger partial charge >= 0.3 is 0 Å². The van der Waals surface area contributed by atoms with Crippen LogP contribution in [0.15, 0.2) is 42.7 Å². The Morgan fingerprint density at radius 2 is 1.92 bits per heavy atom. The molecule has 1 aliphatic rings. The molecule has 2 aromatic carbocycles. The number of anilines is 1. The van der Waals surface area contributed by atoms with Crippen molar-refractivity contribution >= 4 is 33.5 Å². The zero-order valence-electron chi connectivity index (χ0n) is 21.3. The summed E-state index contributed by atoms with van der Waals surface area (Å²) in [6.07, 6.45) is 3.34. The highest BCUT2D eigenvalue weighted by Crippen LogP contribution is 2.37. The van der Waals surface area contributed by atoms with Crippen LogP contribution in [-0.4, -0.2) is 49.0 Å². The zero-order chi connectivity index (χ0) is 26.7. The van der Waals surface area contributed by atoms with Crippen LogP contribution in [0.2, 0.25) is 0 Å². The van der Waals surface area contributed by atoms with Gasteiger partial charge in [0.25, 0.3) is 5.91 Å². The summed E-state index contributed by atoms with van der Waals surface area (Å²) in [5.41, 5.74) is 10.5. The van der Waals surface area contributed by atoms with Gasteiger partial charge in [-0.15, -0.1) is 0 Å². The number of aryl methyl sites for hydroxylation is 2. The van der Waals surface area contributed by atoms with Crippen LogP contribution in [0.3, 0.4) is 0 Å². The third kappa shape index (κ3) is 3.63. The van der Waals surface area contributed by atoms with Crippen LogP contribution in [0.5, 0.6) is 5.75 Å². The number of benzene rings is 2. The number of nitrogens with zero attached hydrogens (tertiary/aromatic N) is 6. The van der Waals surface area contributed by atoms with Crippen molar-refractivity contribution < 1.29 is 13.9 Å². The highest BCUT2D eigenvalue weighted by molar-refractivity contribution is 6.10. The Balaban J connectivity index is 1.31. The first-order chi connectivity index (χ1) is 18.2. The minimum atomic E-state index is -0.668. The van der Waals surface area contributed by atoms with Crippen LogP contribution < -0.4 is 10.5 Å². The van der Waals surface area contributed by atoms with Gasteiger partial charge in [0.1, 0.15) is 24.0 Å². The number of nitrogens with two attached hydrogens (primary N) is 1. The number of carbonyl (C=O) groups excluding carboxylic acids is 1. The van der Waals surface area contributed by atoms with Gasteiger partial charge in [-0.1, -0.05) is 17.9 Å². The van der Waals surface area contributed by atoms with Gasteiger partial charge in [-0.2, -0.15) is 10.2 Å². The molecule has 1 unspecified atom stereocenters. The highest BCUT2D eigenvalue weighted by atomic mass is 19.1. The molecule has 5 aromatic rings. The molecule has 0 bridgehead atoms. The second-order valence-corrected chi connectivity index (χ2v) is 9.39. The lowest BCUT2D eigenvalue weighted by molar-refractivity contribution is 0.0704. The monoisotopic (exact) mass is 509 g/mol. The van der Waals surface area contributed by atoms with Crippen LogP contribution in [0.4, 0.5) is 10.2 Å². The van der Waals surface area contributed by atoms with Gasteiger partial charge < -0.3 is 15.4 Å². The Morgan fingerprint density at radius 1 is 1.13 bits per heavy atom. The normalized spacial score (nSPS) is 14.3. The van der Waals surface area contributed by atoms with Crippen molar-refractivity contribution in [1.82, 2.24) is 29.4 Å². The number of amides is 1. The summed E-state index contributed by atoms with van der Waals surface area (Å²) in [6, 6.07) is 8.04. The molecule has 10 heteroatoms. The fourth-order valence-electron chi connectivity index (χ4n) is 4.83. The molecule has 2 N–H and O–H groups in total. The largest absolute Gasteiger partial charge is 0.491 e. The molecule has 0 aliphatic carbocycles. The molecule has 3 aromatic heterocycles. The van der Waals surface area contributed by atoms with Crippen molar-refractivity contribution in [2.45, 2.75) is 13.0 Å². The Bertz CT molecular complexity index is 1840. The summed E-state index contributed by atoms with van der Waals surface area (Å²) < 4.78 is 24.5. The predicted octanol–water partition coefficient (Wildman–Crippen LogP) is 3.49. The lowest BCUT2D eigenvalue weighted by Crippen LogP contribution is -2.32. The van der Waals surface area contributed by atoms with E-state index < -0.39 is 11.7 Å². The second-order valence-electron chi connectivity index (χ2n) is 9.39. The van der Waals surface area contributed by atoms with Gasteiger partial charge in [-0.3, -0.25) is 14.2 Å².